The van der Waals surface area contributed by atoms with Crippen molar-refractivity contribution in [2.75, 3.05) is 5.32 Å². The van der Waals surface area contributed by atoms with E-state index in [-0.39, 0.29) is 12.0 Å². The molecule has 1 N–H and O–H groups in total. The molecule has 0 saturated heterocycles. The summed E-state index contributed by atoms with van der Waals surface area (Å²) in [7, 11) is 0. The molecule has 2 aromatic rings. The molecule has 1 amide bonds. The number of hydrogen-bond acceptors (Lipinski definition) is 2. The first kappa shape index (κ1) is 15.8. The quantitative estimate of drug-likeness (QED) is 0.815. The highest BCUT2D eigenvalue weighted by Gasteiger charge is 2.12. The lowest BCUT2D eigenvalue weighted by Crippen LogP contribution is -2.09. The van der Waals surface area contributed by atoms with Crippen LogP contribution in [0.1, 0.15) is 20.8 Å². The van der Waals surface area contributed by atoms with Crippen LogP contribution in [-0.4, -0.2) is 12.0 Å². The lowest BCUT2D eigenvalue weighted by molar-refractivity contribution is -0.111. The van der Waals surface area contributed by atoms with Crippen LogP contribution < -0.4 is 10.1 Å². The van der Waals surface area contributed by atoms with Gasteiger partial charge in [-0.2, -0.15) is 0 Å². The SMILES string of the molecule is C/C=C/C(=O)Nc1ccccc1-c1ccccc1OC(C)C. The molecule has 0 aliphatic rings. The Morgan fingerprint density at radius 3 is 2.36 bits per heavy atom. The van der Waals surface area contributed by atoms with Crippen molar-refractivity contribution in [2.24, 2.45) is 0 Å². The zero-order valence-corrected chi connectivity index (χ0v) is 13.2. The molecule has 2 rings (SSSR count). The van der Waals surface area contributed by atoms with Crippen molar-refractivity contribution in [1.29, 1.82) is 0 Å². The Morgan fingerprint density at radius 2 is 1.68 bits per heavy atom. The van der Waals surface area contributed by atoms with Crippen LogP contribution in [0.4, 0.5) is 5.69 Å². The van der Waals surface area contributed by atoms with E-state index in [4.69, 9.17) is 4.74 Å². The third-order valence-corrected chi connectivity index (χ3v) is 3.04. The topological polar surface area (TPSA) is 38.3 Å². The van der Waals surface area contributed by atoms with E-state index in [1.54, 1.807) is 6.08 Å². The minimum absolute atomic E-state index is 0.0888. The maximum atomic E-state index is 11.8. The van der Waals surface area contributed by atoms with Crippen LogP contribution >= 0.6 is 0 Å². The van der Waals surface area contributed by atoms with Crippen LogP contribution in [0.2, 0.25) is 0 Å². The fourth-order valence-corrected chi connectivity index (χ4v) is 2.20. The smallest absolute Gasteiger partial charge is 0.248 e. The minimum atomic E-state index is -0.141. The van der Waals surface area contributed by atoms with E-state index < -0.39 is 0 Å². The fraction of sp³-hybridized carbons (Fsp3) is 0.211. The van der Waals surface area contributed by atoms with Gasteiger partial charge in [-0.15, -0.1) is 0 Å². The number of allylic oxidation sites excluding steroid dienone is 1. The molecule has 0 fully saturated rings. The average molecular weight is 295 g/mol. The summed E-state index contributed by atoms with van der Waals surface area (Å²) in [5.74, 6) is 0.669. The summed E-state index contributed by atoms with van der Waals surface area (Å²) >= 11 is 0. The van der Waals surface area contributed by atoms with Gasteiger partial charge in [0.2, 0.25) is 5.91 Å². The molecule has 22 heavy (non-hydrogen) atoms. The number of nitrogens with one attached hydrogen (secondary N) is 1. The monoisotopic (exact) mass is 295 g/mol. The number of rotatable bonds is 5. The second-order valence-corrected chi connectivity index (χ2v) is 5.20. The van der Waals surface area contributed by atoms with Crippen molar-refractivity contribution in [3.63, 3.8) is 0 Å². The minimum Gasteiger partial charge on any atom is -0.490 e. The third kappa shape index (κ3) is 3.98. The second kappa shape index (κ2) is 7.46. The number of para-hydroxylation sites is 2. The number of benzene rings is 2. The van der Waals surface area contributed by atoms with E-state index in [2.05, 4.69) is 5.32 Å². The normalized spacial score (nSPS) is 10.9. The van der Waals surface area contributed by atoms with Gasteiger partial charge in [0, 0.05) is 16.8 Å². The highest BCUT2D eigenvalue weighted by Crippen LogP contribution is 2.35. The van der Waals surface area contributed by atoms with Crippen LogP contribution in [0.3, 0.4) is 0 Å². The Morgan fingerprint density at radius 1 is 1.05 bits per heavy atom. The lowest BCUT2D eigenvalue weighted by Gasteiger charge is -2.16. The molecule has 0 spiro atoms. The van der Waals surface area contributed by atoms with Crippen molar-refractivity contribution in [3.05, 3.63) is 60.7 Å². The number of carbonyl (C=O) groups is 1. The molecule has 0 unspecified atom stereocenters. The highest BCUT2D eigenvalue weighted by atomic mass is 16.5. The molecule has 0 bridgehead atoms. The van der Waals surface area contributed by atoms with Gasteiger partial charge >= 0.3 is 0 Å². The Balaban J connectivity index is 2.43. The molecule has 0 heterocycles. The van der Waals surface area contributed by atoms with Gasteiger partial charge in [0.15, 0.2) is 0 Å². The predicted molar refractivity (Wildman–Crippen MR) is 91.1 cm³/mol. The van der Waals surface area contributed by atoms with Crippen LogP contribution in [0, 0.1) is 0 Å². The zero-order valence-electron chi connectivity index (χ0n) is 13.2. The Hall–Kier alpha value is -2.55. The Labute approximate surface area is 131 Å². The van der Waals surface area contributed by atoms with Crippen LogP contribution in [0.15, 0.2) is 60.7 Å². The van der Waals surface area contributed by atoms with Crippen LogP contribution in [0.25, 0.3) is 11.1 Å². The molecular formula is C19H21NO2. The molecule has 2 aromatic carbocycles. The van der Waals surface area contributed by atoms with Crippen molar-refractivity contribution >= 4 is 11.6 Å². The second-order valence-electron chi connectivity index (χ2n) is 5.20. The van der Waals surface area contributed by atoms with Crippen molar-refractivity contribution < 1.29 is 9.53 Å². The summed E-state index contributed by atoms with van der Waals surface area (Å²) in [6.07, 6.45) is 3.31. The van der Waals surface area contributed by atoms with Gasteiger partial charge in [0.25, 0.3) is 0 Å². The van der Waals surface area contributed by atoms with E-state index >= 15 is 0 Å². The van der Waals surface area contributed by atoms with Gasteiger partial charge < -0.3 is 10.1 Å². The van der Waals surface area contributed by atoms with Crippen molar-refractivity contribution in [2.45, 2.75) is 26.9 Å². The number of ether oxygens (including phenoxy) is 1. The zero-order chi connectivity index (χ0) is 15.9. The molecule has 0 aliphatic carbocycles. The molecular weight excluding hydrogens is 274 g/mol. The van der Waals surface area contributed by atoms with Gasteiger partial charge in [-0.25, -0.2) is 0 Å². The summed E-state index contributed by atoms with van der Waals surface area (Å²) in [6.45, 7) is 5.81. The van der Waals surface area contributed by atoms with Crippen LogP contribution in [0.5, 0.6) is 5.75 Å². The fourth-order valence-electron chi connectivity index (χ4n) is 2.20. The summed E-state index contributed by atoms with van der Waals surface area (Å²) < 4.78 is 5.88. The standard InChI is InChI=1S/C19H21NO2/c1-4-9-19(21)20-17-12-7-5-10-15(17)16-11-6-8-13-18(16)22-14(2)3/h4-14H,1-3H3,(H,20,21)/b9-4+. The molecule has 0 radical (unpaired) electrons. The first-order valence-corrected chi connectivity index (χ1v) is 7.40. The molecule has 3 nitrogen and oxygen atoms in total. The van der Waals surface area contributed by atoms with Crippen molar-refractivity contribution in [1.82, 2.24) is 0 Å². The highest BCUT2D eigenvalue weighted by molar-refractivity contribution is 6.02. The molecule has 0 aliphatic heterocycles. The first-order valence-electron chi connectivity index (χ1n) is 7.40. The maximum Gasteiger partial charge on any atom is 0.248 e. The Kier molecular flexibility index (Phi) is 5.37. The van der Waals surface area contributed by atoms with Gasteiger partial charge in [0.05, 0.1) is 6.10 Å². The number of carbonyl (C=O) groups excluding carboxylic acids is 1. The number of hydrogen-bond donors (Lipinski definition) is 1. The van der Waals surface area contributed by atoms with E-state index in [0.29, 0.717) is 0 Å². The van der Waals surface area contributed by atoms with E-state index in [1.165, 1.54) is 6.08 Å². The van der Waals surface area contributed by atoms with Crippen molar-refractivity contribution in [3.8, 4) is 16.9 Å². The molecule has 114 valence electrons. The predicted octanol–water partition coefficient (Wildman–Crippen LogP) is 4.66. The summed E-state index contributed by atoms with van der Waals surface area (Å²) in [5.41, 5.74) is 2.68. The third-order valence-electron chi connectivity index (χ3n) is 3.04. The lowest BCUT2D eigenvalue weighted by atomic mass is 10.0. The van der Waals surface area contributed by atoms with Crippen LogP contribution in [-0.2, 0) is 4.79 Å². The largest absolute Gasteiger partial charge is 0.490 e. The van der Waals surface area contributed by atoms with Gasteiger partial charge in [-0.05, 0) is 39.0 Å². The molecule has 0 atom stereocenters. The van der Waals surface area contributed by atoms with Gasteiger partial charge in [-0.1, -0.05) is 42.5 Å². The number of amides is 1. The average Bonchev–Trinajstić information content (AvgIpc) is 2.48. The molecule has 0 saturated carbocycles. The summed E-state index contributed by atoms with van der Waals surface area (Å²) in [6, 6.07) is 15.6. The van der Waals surface area contributed by atoms with E-state index in [0.717, 1.165) is 22.6 Å². The van der Waals surface area contributed by atoms with E-state index in [1.807, 2.05) is 69.3 Å². The van der Waals surface area contributed by atoms with Gasteiger partial charge in [-0.3, -0.25) is 4.79 Å². The summed E-state index contributed by atoms with van der Waals surface area (Å²) in [5, 5.41) is 2.91. The number of anilines is 1. The summed E-state index contributed by atoms with van der Waals surface area (Å²) in [4.78, 5) is 11.8. The van der Waals surface area contributed by atoms with E-state index in [9.17, 15) is 4.79 Å². The molecule has 3 heteroatoms. The first-order chi connectivity index (χ1) is 10.6. The molecule has 0 aromatic heterocycles. The maximum absolute atomic E-state index is 11.8. The van der Waals surface area contributed by atoms with Gasteiger partial charge in [0.1, 0.15) is 5.75 Å². The Bertz CT molecular complexity index is 675.